The first-order valence-electron chi connectivity index (χ1n) is 4.58. The summed E-state index contributed by atoms with van der Waals surface area (Å²) in [6.45, 7) is 2.00. The lowest BCUT2D eigenvalue weighted by molar-refractivity contribution is 0.198. The van der Waals surface area contributed by atoms with Crippen LogP contribution in [0.3, 0.4) is 0 Å². The van der Waals surface area contributed by atoms with E-state index in [-0.39, 0.29) is 15.6 Å². The predicted octanol–water partition coefficient (Wildman–Crippen LogP) is 1.88. The Hall–Kier alpha value is -0.580. The second-order valence-corrected chi connectivity index (χ2v) is 3.84. The van der Waals surface area contributed by atoms with Gasteiger partial charge in [0.25, 0.3) is 5.56 Å². The van der Waals surface area contributed by atoms with Crippen LogP contribution in [0.5, 0.6) is 0 Å². The van der Waals surface area contributed by atoms with Crippen LogP contribution in [0, 0.1) is 0 Å². The minimum Gasteiger partial charge on any atom is -0.381 e. The van der Waals surface area contributed by atoms with Crippen LogP contribution in [0.2, 0.25) is 10.0 Å². The summed E-state index contributed by atoms with van der Waals surface area (Å²) in [5, 5.41) is 3.82. The quantitative estimate of drug-likeness (QED) is 0.707. The second-order valence-electron chi connectivity index (χ2n) is 3.05. The number of nitrogens with zero attached hydrogens (tertiary/aromatic N) is 2. The van der Waals surface area contributed by atoms with Crippen molar-refractivity contribution in [2.75, 3.05) is 13.2 Å². The lowest BCUT2D eigenvalue weighted by Crippen LogP contribution is -2.19. The van der Waals surface area contributed by atoms with Gasteiger partial charge in [-0.2, -0.15) is 5.10 Å². The van der Waals surface area contributed by atoms with Crippen molar-refractivity contribution in [1.29, 1.82) is 0 Å². The molecule has 2 rings (SSSR count). The normalized spacial score (nSPS) is 14.6. The van der Waals surface area contributed by atoms with Gasteiger partial charge in [0.15, 0.2) is 0 Å². The van der Waals surface area contributed by atoms with E-state index < -0.39 is 0 Å². The topological polar surface area (TPSA) is 44.1 Å². The first kappa shape index (κ1) is 12.5. The van der Waals surface area contributed by atoms with Crippen molar-refractivity contribution in [2.45, 2.75) is 12.8 Å². The van der Waals surface area contributed by atoms with E-state index in [0.717, 1.165) is 17.9 Å². The maximum Gasteiger partial charge on any atom is 0.286 e. The molecular formula is C9H12Cl2N2O2. The SMILES string of the molecule is C1CCOC1.Cn1ncc(Cl)c(Cl)c1=O. The average Bonchev–Trinajstić information content (AvgIpc) is 2.79. The zero-order valence-corrected chi connectivity index (χ0v) is 9.88. The van der Waals surface area contributed by atoms with Gasteiger partial charge in [-0.15, -0.1) is 0 Å². The number of halogens is 2. The van der Waals surface area contributed by atoms with Gasteiger partial charge in [-0.05, 0) is 12.8 Å². The molecule has 1 aromatic rings. The molecule has 1 saturated heterocycles. The molecule has 1 aliphatic heterocycles. The summed E-state index contributed by atoms with van der Waals surface area (Å²) in [4.78, 5) is 10.9. The molecule has 15 heavy (non-hydrogen) atoms. The molecule has 0 aliphatic carbocycles. The molecule has 0 radical (unpaired) electrons. The average molecular weight is 251 g/mol. The van der Waals surface area contributed by atoms with Crippen molar-refractivity contribution in [3.63, 3.8) is 0 Å². The Bertz CT molecular complexity index is 367. The van der Waals surface area contributed by atoms with Crippen LogP contribution in [0.25, 0.3) is 0 Å². The Labute approximate surface area is 97.8 Å². The summed E-state index contributed by atoms with van der Waals surface area (Å²) < 4.78 is 6.06. The zero-order chi connectivity index (χ0) is 11.3. The van der Waals surface area contributed by atoms with E-state index in [1.807, 2.05) is 0 Å². The summed E-state index contributed by atoms with van der Waals surface area (Å²) in [7, 11) is 1.50. The first-order valence-corrected chi connectivity index (χ1v) is 5.33. The molecule has 0 unspecified atom stereocenters. The molecule has 0 atom stereocenters. The molecule has 0 N–H and O–H groups in total. The van der Waals surface area contributed by atoms with E-state index in [4.69, 9.17) is 27.9 Å². The lowest BCUT2D eigenvalue weighted by atomic mass is 10.4. The van der Waals surface area contributed by atoms with Gasteiger partial charge in [0, 0.05) is 20.3 Å². The molecule has 2 heterocycles. The fraction of sp³-hybridized carbons (Fsp3) is 0.556. The molecule has 0 spiro atoms. The molecule has 0 amide bonds. The van der Waals surface area contributed by atoms with Crippen molar-refractivity contribution < 1.29 is 4.74 Å². The number of aryl methyl sites for hydroxylation is 1. The largest absolute Gasteiger partial charge is 0.381 e. The predicted molar refractivity (Wildman–Crippen MR) is 59.6 cm³/mol. The summed E-state index contributed by atoms with van der Waals surface area (Å²) in [6, 6.07) is 0. The van der Waals surface area contributed by atoms with Crippen LogP contribution >= 0.6 is 23.2 Å². The van der Waals surface area contributed by atoms with Crippen molar-refractivity contribution in [3.8, 4) is 0 Å². The van der Waals surface area contributed by atoms with Crippen LogP contribution in [-0.2, 0) is 11.8 Å². The zero-order valence-electron chi connectivity index (χ0n) is 8.37. The fourth-order valence-corrected chi connectivity index (χ4v) is 1.30. The monoisotopic (exact) mass is 250 g/mol. The maximum absolute atomic E-state index is 10.9. The number of rotatable bonds is 0. The third kappa shape index (κ3) is 3.81. The van der Waals surface area contributed by atoms with E-state index >= 15 is 0 Å². The van der Waals surface area contributed by atoms with Gasteiger partial charge in [-0.25, -0.2) is 4.68 Å². The standard InChI is InChI=1S/C5H4Cl2N2O.C4H8O/c1-9-5(10)4(7)3(6)2-8-9;1-2-4-5-3-1/h2H,1H3;1-4H2. The molecule has 84 valence electrons. The van der Waals surface area contributed by atoms with E-state index in [1.165, 1.54) is 26.1 Å². The van der Waals surface area contributed by atoms with Gasteiger partial charge < -0.3 is 4.74 Å². The molecule has 0 saturated carbocycles. The summed E-state index contributed by atoms with van der Waals surface area (Å²) in [6.07, 6.45) is 3.88. The summed E-state index contributed by atoms with van der Waals surface area (Å²) in [5.41, 5.74) is -0.380. The van der Waals surface area contributed by atoms with E-state index in [9.17, 15) is 4.79 Å². The maximum atomic E-state index is 10.9. The Morgan fingerprint density at radius 2 is 2.00 bits per heavy atom. The Morgan fingerprint density at radius 1 is 1.40 bits per heavy atom. The molecule has 0 bridgehead atoms. The van der Waals surface area contributed by atoms with Gasteiger partial charge >= 0.3 is 0 Å². The highest BCUT2D eigenvalue weighted by Crippen LogP contribution is 2.13. The minimum atomic E-state index is -0.380. The lowest BCUT2D eigenvalue weighted by Gasteiger charge is -1.95. The smallest absolute Gasteiger partial charge is 0.286 e. The molecule has 1 fully saturated rings. The third-order valence-electron chi connectivity index (χ3n) is 1.86. The van der Waals surface area contributed by atoms with Gasteiger partial charge in [-0.3, -0.25) is 4.79 Å². The highest BCUT2D eigenvalue weighted by Gasteiger charge is 2.02. The Balaban J connectivity index is 0.000000187. The number of hydrogen-bond donors (Lipinski definition) is 0. The molecule has 0 aromatic carbocycles. The second kappa shape index (κ2) is 6.10. The van der Waals surface area contributed by atoms with E-state index in [1.54, 1.807) is 0 Å². The molecule has 1 aromatic heterocycles. The molecule has 6 heteroatoms. The minimum absolute atomic E-state index is 0.0131. The fourth-order valence-electron chi connectivity index (χ4n) is 1.00. The van der Waals surface area contributed by atoms with Crippen LogP contribution in [-0.4, -0.2) is 23.0 Å². The van der Waals surface area contributed by atoms with Crippen LogP contribution in [0.15, 0.2) is 11.0 Å². The van der Waals surface area contributed by atoms with Crippen LogP contribution in [0.1, 0.15) is 12.8 Å². The highest BCUT2D eigenvalue weighted by atomic mass is 35.5. The number of aromatic nitrogens is 2. The number of hydrogen-bond acceptors (Lipinski definition) is 3. The van der Waals surface area contributed by atoms with Crippen molar-refractivity contribution >= 4 is 23.2 Å². The third-order valence-corrected chi connectivity index (χ3v) is 2.61. The highest BCUT2D eigenvalue weighted by molar-refractivity contribution is 6.41. The first-order chi connectivity index (χ1) is 7.13. The van der Waals surface area contributed by atoms with E-state index in [2.05, 4.69) is 5.10 Å². The van der Waals surface area contributed by atoms with Crippen molar-refractivity contribution in [3.05, 3.63) is 26.6 Å². The van der Waals surface area contributed by atoms with Crippen LogP contribution < -0.4 is 5.56 Å². The van der Waals surface area contributed by atoms with Crippen LogP contribution in [0.4, 0.5) is 0 Å². The Kier molecular flexibility index (Phi) is 5.08. The molecular weight excluding hydrogens is 239 g/mol. The van der Waals surface area contributed by atoms with Crippen molar-refractivity contribution in [2.24, 2.45) is 7.05 Å². The van der Waals surface area contributed by atoms with Gasteiger partial charge in [0.2, 0.25) is 0 Å². The summed E-state index contributed by atoms with van der Waals surface area (Å²) >= 11 is 11.0. The van der Waals surface area contributed by atoms with Gasteiger partial charge in [0.1, 0.15) is 5.02 Å². The number of ether oxygens (including phenoxy) is 1. The molecule has 1 aliphatic rings. The summed E-state index contributed by atoms with van der Waals surface area (Å²) in [5.74, 6) is 0. The van der Waals surface area contributed by atoms with Gasteiger partial charge in [-0.1, -0.05) is 23.2 Å². The van der Waals surface area contributed by atoms with Crippen molar-refractivity contribution in [1.82, 2.24) is 9.78 Å². The Morgan fingerprint density at radius 3 is 2.40 bits per heavy atom. The van der Waals surface area contributed by atoms with E-state index in [0.29, 0.717) is 0 Å². The van der Waals surface area contributed by atoms with Gasteiger partial charge in [0.05, 0.1) is 11.2 Å². The molecule has 4 nitrogen and oxygen atoms in total.